The Morgan fingerprint density at radius 1 is 1.04 bits per heavy atom. The number of nitrogens with one attached hydrogen (secondary N) is 1. The van der Waals surface area contributed by atoms with E-state index >= 15 is 0 Å². The third-order valence-corrected chi connectivity index (χ3v) is 4.84. The number of anilines is 2. The van der Waals surface area contributed by atoms with Gasteiger partial charge in [0.1, 0.15) is 16.5 Å². The number of carbonyl (C=O) groups excluding carboxylic acids is 1. The molecule has 132 valence electrons. The van der Waals surface area contributed by atoms with Crippen LogP contribution >= 0.6 is 23.4 Å². The molecular formula is C19H17ClN4OS. The number of hydrogen-bond acceptors (Lipinski definition) is 5. The first-order valence-corrected chi connectivity index (χ1v) is 9.07. The zero-order valence-electron chi connectivity index (χ0n) is 14.3. The van der Waals surface area contributed by atoms with Crippen LogP contribution in [0.4, 0.5) is 11.5 Å². The minimum absolute atomic E-state index is 0.231. The van der Waals surface area contributed by atoms with Gasteiger partial charge < -0.3 is 11.1 Å². The van der Waals surface area contributed by atoms with Crippen LogP contribution in [0.3, 0.4) is 0 Å². The molecule has 0 aliphatic heterocycles. The SMILES string of the molecule is Cc1ccc(C(=O)Nc2c(N)nc(C)nc2Sc2ccc(Cl)cc2)cc1. The van der Waals surface area contributed by atoms with Crippen molar-refractivity contribution in [3.8, 4) is 0 Å². The maximum absolute atomic E-state index is 12.6. The molecule has 3 aromatic rings. The van der Waals surface area contributed by atoms with Gasteiger partial charge in [-0.1, -0.05) is 41.1 Å². The molecule has 1 heterocycles. The lowest BCUT2D eigenvalue weighted by Crippen LogP contribution is -2.15. The fourth-order valence-corrected chi connectivity index (χ4v) is 3.32. The summed E-state index contributed by atoms with van der Waals surface area (Å²) in [5, 5.41) is 4.07. The number of aryl methyl sites for hydroxylation is 2. The molecule has 0 radical (unpaired) electrons. The van der Waals surface area contributed by atoms with Gasteiger partial charge in [-0.3, -0.25) is 4.79 Å². The summed E-state index contributed by atoms with van der Waals surface area (Å²) in [5.41, 5.74) is 8.08. The number of halogens is 1. The highest BCUT2D eigenvalue weighted by molar-refractivity contribution is 7.99. The van der Waals surface area contributed by atoms with Crippen molar-refractivity contribution in [2.45, 2.75) is 23.8 Å². The Morgan fingerprint density at radius 2 is 1.69 bits per heavy atom. The molecule has 2 aromatic carbocycles. The molecule has 0 atom stereocenters. The number of amides is 1. The zero-order chi connectivity index (χ0) is 18.7. The molecule has 7 heteroatoms. The molecule has 0 spiro atoms. The van der Waals surface area contributed by atoms with Crippen molar-refractivity contribution in [1.82, 2.24) is 9.97 Å². The Kier molecular flexibility index (Phi) is 5.44. The summed E-state index contributed by atoms with van der Waals surface area (Å²) in [6.45, 7) is 3.72. The molecule has 0 saturated carbocycles. The number of rotatable bonds is 4. The van der Waals surface area contributed by atoms with Gasteiger partial charge in [0, 0.05) is 15.5 Å². The van der Waals surface area contributed by atoms with Crippen molar-refractivity contribution < 1.29 is 4.79 Å². The van der Waals surface area contributed by atoms with E-state index in [1.54, 1.807) is 31.2 Å². The maximum Gasteiger partial charge on any atom is 0.255 e. The largest absolute Gasteiger partial charge is 0.382 e. The predicted octanol–water partition coefficient (Wildman–Crippen LogP) is 4.73. The van der Waals surface area contributed by atoms with E-state index in [1.165, 1.54) is 11.8 Å². The topological polar surface area (TPSA) is 80.9 Å². The minimum Gasteiger partial charge on any atom is -0.382 e. The molecule has 3 N–H and O–H groups in total. The van der Waals surface area contributed by atoms with Gasteiger partial charge in [0.15, 0.2) is 5.82 Å². The summed E-state index contributed by atoms with van der Waals surface area (Å²) in [7, 11) is 0. The molecule has 1 amide bonds. The lowest BCUT2D eigenvalue weighted by atomic mass is 10.1. The molecular weight excluding hydrogens is 368 g/mol. The van der Waals surface area contributed by atoms with Gasteiger partial charge in [-0.15, -0.1) is 0 Å². The normalized spacial score (nSPS) is 10.6. The van der Waals surface area contributed by atoms with Crippen LogP contribution in [0.25, 0.3) is 0 Å². The first-order valence-electron chi connectivity index (χ1n) is 7.88. The predicted molar refractivity (Wildman–Crippen MR) is 106 cm³/mol. The quantitative estimate of drug-likeness (QED) is 0.635. The zero-order valence-corrected chi connectivity index (χ0v) is 15.9. The van der Waals surface area contributed by atoms with E-state index in [1.807, 2.05) is 31.2 Å². The first kappa shape index (κ1) is 18.2. The highest BCUT2D eigenvalue weighted by Crippen LogP contribution is 2.35. The second kappa shape index (κ2) is 7.76. The number of nitrogens with two attached hydrogens (primary N) is 1. The second-order valence-electron chi connectivity index (χ2n) is 5.71. The molecule has 0 aliphatic carbocycles. The van der Waals surface area contributed by atoms with Gasteiger partial charge in [0.05, 0.1) is 0 Å². The van der Waals surface area contributed by atoms with E-state index in [4.69, 9.17) is 17.3 Å². The fraction of sp³-hybridized carbons (Fsp3) is 0.105. The van der Waals surface area contributed by atoms with Crippen LogP contribution in [0.1, 0.15) is 21.7 Å². The first-order chi connectivity index (χ1) is 12.4. The average Bonchev–Trinajstić information content (AvgIpc) is 2.60. The van der Waals surface area contributed by atoms with Crippen LogP contribution < -0.4 is 11.1 Å². The van der Waals surface area contributed by atoms with Crippen molar-refractivity contribution in [1.29, 1.82) is 0 Å². The molecule has 0 bridgehead atoms. The number of nitrogens with zero attached hydrogens (tertiary/aromatic N) is 2. The molecule has 3 rings (SSSR count). The summed E-state index contributed by atoms with van der Waals surface area (Å²) < 4.78 is 0. The van der Waals surface area contributed by atoms with Crippen LogP contribution in [0.15, 0.2) is 58.5 Å². The number of benzene rings is 2. The Hall–Kier alpha value is -2.57. The van der Waals surface area contributed by atoms with Crippen molar-refractivity contribution in [2.75, 3.05) is 11.1 Å². The minimum atomic E-state index is -0.262. The summed E-state index contributed by atoms with van der Waals surface area (Å²) in [6, 6.07) is 14.7. The summed E-state index contributed by atoms with van der Waals surface area (Å²) in [4.78, 5) is 22.1. The second-order valence-corrected chi connectivity index (χ2v) is 7.21. The highest BCUT2D eigenvalue weighted by atomic mass is 35.5. The van der Waals surface area contributed by atoms with Crippen molar-refractivity contribution in [3.63, 3.8) is 0 Å². The van der Waals surface area contributed by atoms with Gasteiger partial charge >= 0.3 is 0 Å². The molecule has 1 aromatic heterocycles. The summed E-state index contributed by atoms with van der Waals surface area (Å²) in [5.74, 6) is 0.504. The monoisotopic (exact) mass is 384 g/mol. The maximum atomic E-state index is 12.6. The number of aromatic nitrogens is 2. The third-order valence-electron chi connectivity index (χ3n) is 3.60. The van der Waals surface area contributed by atoms with Gasteiger partial charge in [-0.25, -0.2) is 9.97 Å². The smallest absolute Gasteiger partial charge is 0.255 e. The summed E-state index contributed by atoms with van der Waals surface area (Å²) >= 11 is 7.32. The Balaban J connectivity index is 1.91. The molecule has 0 unspecified atom stereocenters. The lowest BCUT2D eigenvalue weighted by Gasteiger charge is -2.13. The van der Waals surface area contributed by atoms with Crippen LogP contribution in [-0.4, -0.2) is 15.9 Å². The Labute approximate surface area is 161 Å². The average molecular weight is 385 g/mol. The van der Waals surface area contributed by atoms with Crippen LogP contribution in [0.5, 0.6) is 0 Å². The molecule has 26 heavy (non-hydrogen) atoms. The molecule has 5 nitrogen and oxygen atoms in total. The molecule has 0 saturated heterocycles. The Morgan fingerprint density at radius 3 is 2.35 bits per heavy atom. The lowest BCUT2D eigenvalue weighted by molar-refractivity contribution is 0.102. The third kappa shape index (κ3) is 4.33. The van der Waals surface area contributed by atoms with Crippen LogP contribution in [0.2, 0.25) is 5.02 Å². The van der Waals surface area contributed by atoms with E-state index in [0.717, 1.165) is 10.5 Å². The van der Waals surface area contributed by atoms with E-state index < -0.39 is 0 Å². The van der Waals surface area contributed by atoms with Gasteiger partial charge in [0.2, 0.25) is 0 Å². The van der Waals surface area contributed by atoms with E-state index in [-0.39, 0.29) is 11.7 Å². The van der Waals surface area contributed by atoms with Gasteiger partial charge in [-0.2, -0.15) is 0 Å². The van der Waals surface area contributed by atoms with Crippen molar-refractivity contribution in [3.05, 3.63) is 70.5 Å². The Bertz CT molecular complexity index is 943. The standard InChI is InChI=1S/C19H17ClN4OS/c1-11-3-5-13(6-4-11)18(25)24-16-17(21)22-12(2)23-19(16)26-15-9-7-14(20)8-10-15/h3-10H,1-2H3,(H,24,25)(H2,21,22,23). The summed E-state index contributed by atoms with van der Waals surface area (Å²) in [6.07, 6.45) is 0. The highest BCUT2D eigenvalue weighted by Gasteiger charge is 2.16. The number of hydrogen-bond donors (Lipinski definition) is 2. The van der Waals surface area contributed by atoms with Gasteiger partial charge in [-0.05, 0) is 50.2 Å². The van der Waals surface area contributed by atoms with E-state index in [9.17, 15) is 4.79 Å². The fourth-order valence-electron chi connectivity index (χ4n) is 2.26. The number of carbonyl (C=O) groups is 1. The van der Waals surface area contributed by atoms with Crippen LogP contribution in [0, 0.1) is 13.8 Å². The van der Waals surface area contributed by atoms with Crippen molar-refractivity contribution in [2.24, 2.45) is 0 Å². The molecule has 0 aliphatic rings. The molecule has 0 fully saturated rings. The van der Waals surface area contributed by atoms with Gasteiger partial charge in [0.25, 0.3) is 5.91 Å². The van der Waals surface area contributed by atoms with Crippen molar-refractivity contribution >= 4 is 40.8 Å². The van der Waals surface area contributed by atoms with E-state index in [2.05, 4.69) is 15.3 Å². The number of nitrogen functional groups attached to an aromatic ring is 1. The van der Waals surface area contributed by atoms with Crippen LogP contribution in [-0.2, 0) is 0 Å². The van der Waals surface area contributed by atoms with E-state index in [0.29, 0.717) is 27.1 Å².